The van der Waals surface area contributed by atoms with E-state index in [0.717, 1.165) is 16.9 Å². The van der Waals surface area contributed by atoms with Crippen LogP contribution in [-0.2, 0) is 6.42 Å². The highest BCUT2D eigenvalue weighted by Crippen LogP contribution is 2.23. The number of hydrogen-bond acceptors (Lipinski definition) is 7. The first-order chi connectivity index (χ1) is 14.2. The lowest BCUT2D eigenvalue weighted by molar-refractivity contribution is 0.0944. The van der Waals surface area contributed by atoms with E-state index >= 15 is 0 Å². The standard InChI is InChI=1S/C21H18N4O4/c1-27-16-9-7-14(8-10-16)18-13-17(25-29-18)20(26)22-12-11-19-23-24-21(28-19)15-5-3-2-4-6-15/h2-10,13H,11-12H2,1H3,(H,22,26). The van der Waals surface area contributed by atoms with Gasteiger partial charge in [-0.05, 0) is 36.4 Å². The smallest absolute Gasteiger partial charge is 0.273 e. The van der Waals surface area contributed by atoms with E-state index in [4.69, 9.17) is 13.7 Å². The van der Waals surface area contributed by atoms with Gasteiger partial charge in [-0.25, -0.2) is 0 Å². The number of rotatable bonds is 7. The molecule has 146 valence electrons. The molecule has 2 heterocycles. The zero-order valence-electron chi connectivity index (χ0n) is 15.7. The summed E-state index contributed by atoms with van der Waals surface area (Å²) < 4.78 is 16.0. The van der Waals surface area contributed by atoms with Gasteiger partial charge in [-0.15, -0.1) is 10.2 Å². The monoisotopic (exact) mass is 390 g/mol. The van der Waals surface area contributed by atoms with E-state index in [-0.39, 0.29) is 11.6 Å². The Bertz CT molecular complexity index is 1090. The average Bonchev–Trinajstić information content (AvgIpc) is 3.45. The van der Waals surface area contributed by atoms with Crippen LogP contribution in [0.1, 0.15) is 16.4 Å². The van der Waals surface area contributed by atoms with E-state index in [2.05, 4.69) is 20.7 Å². The number of benzene rings is 2. The minimum Gasteiger partial charge on any atom is -0.497 e. The predicted molar refractivity (Wildman–Crippen MR) is 104 cm³/mol. The normalized spacial score (nSPS) is 10.7. The summed E-state index contributed by atoms with van der Waals surface area (Å²) in [5.41, 5.74) is 1.85. The van der Waals surface area contributed by atoms with E-state index < -0.39 is 0 Å². The molecule has 0 aliphatic rings. The molecule has 2 aromatic carbocycles. The van der Waals surface area contributed by atoms with Gasteiger partial charge in [0.15, 0.2) is 11.5 Å². The van der Waals surface area contributed by atoms with E-state index in [1.165, 1.54) is 0 Å². The van der Waals surface area contributed by atoms with Gasteiger partial charge in [0, 0.05) is 30.2 Å². The van der Waals surface area contributed by atoms with Crippen molar-refractivity contribution in [2.24, 2.45) is 0 Å². The third-order valence-electron chi connectivity index (χ3n) is 4.23. The highest BCUT2D eigenvalue weighted by atomic mass is 16.5. The lowest BCUT2D eigenvalue weighted by atomic mass is 10.1. The Morgan fingerprint density at radius 2 is 1.83 bits per heavy atom. The molecule has 4 rings (SSSR count). The molecule has 0 saturated heterocycles. The maximum Gasteiger partial charge on any atom is 0.273 e. The fourth-order valence-corrected chi connectivity index (χ4v) is 2.70. The number of hydrogen-bond donors (Lipinski definition) is 1. The molecule has 0 unspecified atom stereocenters. The van der Waals surface area contributed by atoms with E-state index in [9.17, 15) is 4.79 Å². The van der Waals surface area contributed by atoms with Crippen molar-refractivity contribution < 1.29 is 18.5 Å². The fourth-order valence-electron chi connectivity index (χ4n) is 2.70. The number of carbonyl (C=O) groups excluding carboxylic acids is 1. The first-order valence-corrected chi connectivity index (χ1v) is 9.00. The second-order valence-corrected chi connectivity index (χ2v) is 6.18. The number of methoxy groups -OCH3 is 1. The summed E-state index contributed by atoms with van der Waals surface area (Å²) >= 11 is 0. The Balaban J connectivity index is 1.32. The van der Waals surface area contributed by atoms with E-state index in [1.54, 1.807) is 13.2 Å². The molecule has 1 N–H and O–H groups in total. The van der Waals surface area contributed by atoms with Crippen LogP contribution in [0.15, 0.2) is 69.6 Å². The molecular formula is C21H18N4O4. The summed E-state index contributed by atoms with van der Waals surface area (Å²) in [5, 5.41) is 14.6. The maximum atomic E-state index is 12.3. The topological polar surface area (TPSA) is 103 Å². The molecule has 8 heteroatoms. The van der Waals surface area contributed by atoms with Gasteiger partial charge >= 0.3 is 0 Å². The molecule has 0 aliphatic carbocycles. The van der Waals surface area contributed by atoms with Gasteiger partial charge in [0.05, 0.1) is 7.11 Å². The molecule has 8 nitrogen and oxygen atoms in total. The van der Waals surface area contributed by atoms with Crippen LogP contribution in [0.25, 0.3) is 22.8 Å². The third kappa shape index (κ3) is 4.32. The molecular weight excluding hydrogens is 372 g/mol. The van der Waals surface area contributed by atoms with Crippen LogP contribution in [0.4, 0.5) is 0 Å². The SMILES string of the molecule is COc1ccc(-c2cc(C(=O)NCCc3nnc(-c4ccccc4)o3)no2)cc1. The average molecular weight is 390 g/mol. The van der Waals surface area contributed by atoms with Crippen LogP contribution < -0.4 is 10.1 Å². The van der Waals surface area contributed by atoms with Crippen LogP contribution in [0.2, 0.25) is 0 Å². The van der Waals surface area contributed by atoms with Crippen molar-refractivity contribution in [2.75, 3.05) is 13.7 Å². The minimum absolute atomic E-state index is 0.200. The Hall–Kier alpha value is -3.94. The van der Waals surface area contributed by atoms with E-state index in [1.807, 2.05) is 54.6 Å². The summed E-state index contributed by atoms with van der Waals surface area (Å²) in [6, 6.07) is 18.4. The number of nitrogens with zero attached hydrogens (tertiary/aromatic N) is 3. The van der Waals surface area contributed by atoms with Gasteiger partial charge in [-0.2, -0.15) is 0 Å². The van der Waals surface area contributed by atoms with Crippen molar-refractivity contribution >= 4 is 5.91 Å². The lowest BCUT2D eigenvalue weighted by Crippen LogP contribution is -2.26. The van der Waals surface area contributed by atoms with Crippen molar-refractivity contribution in [1.29, 1.82) is 0 Å². The quantitative estimate of drug-likeness (QED) is 0.516. The van der Waals surface area contributed by atoms with Crippen molar-refractivity contribution in [1.82, 2.24) is 20.7 Å². The van der Waals surface area contributed by atoms with Crippen LogP contribution >= 0.6 is 0 Å². The molecule has 0 radical (unpaired) electrons. The van der Waals surface area contributed by atoms with Crippen molar-refractivity contribution in [3.05, 3.63) is 72.2 Å². The van der Waals surface area contributed by atoms with Gasteiger partial charge in [-0.3, -0.25) is 4.79 Å². The number of ether oxygens (including phenoxy) is 1. The lowest BCUT2D eigenvalue weighted by Gasteiger charge is -2.00. The summed E-state index contributed by atoms with van der Waals surface area (Å²) in [4.78, 5) is 12.3. The first-order valence-electron chi connectivity index (χ1n) is 9.00. The largest absolute Gasteiger partial charge is 0.497 e. The van der Waals surface area contributed by atoms with Gasteiger partial charge in [0.25, 0.3) is 5.91 Å². The molecule has 0 saturated carbocycles. The molecule has 1 amide bonds. The summed E-state index contributed by atoms with van der Waals surface area (Å²) in [5.74, 6) is 1.80. The Labute approximate surface area is 166 Å². The first kappa shape index (κ1) is 18.4. The van der Waals surface area contributed by atoms with E-state index in [0.29, 0.717) is 30.5 Å². The van der Waals surface area contributed by atoms with Crippen molar-refractivity contribution in [2.45, 2.75) is 6.42 Å². The summed E-state index contributed by atoms with van der Waals surface area (Å²) in [6.07, 6.45) is 0.411. The second kappa shape index (κ2) is 8.39. The fraction of sp³-hybridized carbons (Fsp3) is 0.143. The summed E-state index contributed by atoms with van der Waals surface area (Å²) in [6.45, 7) is 0.333. The molecule has 0 atom stereocenters. The zero-order chi connectivity index (χ0) is 20.1. The predicted octanol–water partition coefficient (Wildman–Crippen LogP) is 3.37. The number of aromatic nitrogens is 3. The Morgan fingerprint density at radius 3 is 2.59 bits per heavy atom. The molecule has 4 aromatic rings. The Kier molecular flexibility index (Phi) is 5.33. The van der Waals surface area contributed by atoms with Crippen LogP contribution in [0.3, 0.4) is 0 Å². The van der Waals surface area contributed by atoms with Crippen LogP contribution in [0, 0.1) is 0 Å². The highest BCUT2D eigenvalue weighted by Gasteiger charge is 2.14. The summed E-state index contributed by atoms with van der Waals surface area (Å²) in [7, 11) is 1.60. The zero-order valence-corrected chi connectivity index (χ0v) is 15.7. The van der Waals surface area contributed by atoms with Crippen LogP contribution in [0.5, 0.6) is 5.75 Å². The van der Waals surface area contributed by atoms with Crippen LogP contribution in [-0.4, -0.2) is 34.9 Å². The van der Waals surface area contributed by atoms with Crippen molar-refractivity contribution in [3.8, 4) is 28.5 Å². The number of nitrogens with one attached hydrogen (secondary N) is 1. The van der Waals surface area contributed by atoms with Gasteiger partial charge < -0.3 is 19.0 Å². The number of amides is 1. The maximum absolute atomic E-state index is 12.3. The molecule has 0 fully saturated rings. The third-order valence-corrected chi connectivity index (χ3v) is 4.23. The van der Waals surface area contributed by atoms with Crippen molar-refractivity contribution in [3.63, 3.8) is 0 Å². The van der Waals surface area contributed by atoms with Gasteiger partial charge in [0.1, 0.15) is 5.75 Å². The molecule has 0 spiro atoms. The van der Waals surface area contributed by atoms with Gasteiger partial charge in [0.2, 0.25) is 11.8 Å². The molecule has 29 heavy (non-hydrogen) atoms. The van der Waals surface area contributed by atoms with Gasteiger partial charge in [-0.1, -0.05) is 23.4 Å². The molecule has 0 aliphatic heterocycles. The Morgan fingerprint density at radius 1 is 1.03 bits per heavy atom. The minimum atomic E-state index is -0.337. The molecule has 0 bridgehead atoms. The number of carbonyl (C=O) groups is 1. The second-order valence-electron chi connectivity index (χ2n) is 6.18. The molecule has 2 aromatic heterocycles. The highest BCUT2D eigenvalue weighted by molar-refractivity contribution is 5.93.